The van der Waals surface area contributed by atoms with E-state index in [0.717, 1.165) is 5.56 Å². The second-order valence-corrected chi connectivity index (χ2v) is 4.52. The molecule has 1 aliphatic rings. The number of hydrogen-bond acceptors (Lipinski definition) is 5. The number of carbonyl (C=O) groups is 1. The summed E-state index contributed by atoms with van der Waals surface area (Å²) in [6.45, 7) is 2.64. The molecule has 20 heavy (non-hydrogen) atoms. The van der Waals surface area contributed by atoms with E-state index < -0.39 is 5.97 Å². The maximum Gasteiger partial charge on any atom is 0.341 e. The third kappa shape index (κ3) is 2.20. The Morgan fingerprint density at radius 2 is 2.05 bits per heavy atom. The van der Waals surface area contributed by atoms with Crippen molar-refractivity contribution in [2.45, 2.75) is 13.3 Å². The number of nitrogens with zero attached hydrogens (tertiary/aromatic N) is 1. The topological polar surface area (TPSA) is 81.8 Å². The summed E-state index contributed by atoms with van der Waals surface area (Å²) in [7, 11) is 0. The van der Waals surface area contributed by atoms with Crippen LogP contribution in [0.4, 0.5) is 0 Å². The lowest BCUT2D eigenvalue weighted by Crippen LogP contribution is -2.15. The summed E-state index contributed by atoms with van der Waals surface area (Å²) >= 11 is 0. The molecule has 1 aliphatic heterocycles. The van der Waals surface area contributed by atoms with Crippen LogP contribution >= 0.6 is 0 Å². The lowest BCUT2D eigenvalue weighted by atomic mass is 10.0. The van der Waals surface area contributed by atoms with Gasteiger partial charge in [-0.25, -0.2) is 4.79 Å². The Hall–Kier alpha value is -2.50. The summed E-state index contributed by atoms with van der Waals surface area (Å²) in [4.78, 5) is 11.2. The molecule has 1 aromatic heterocycles. The Kier molecular flexibility index (Phi) is 3.06. The molecule has 3 rings (SSSR count). The van der Waals surface area contributed by atoms with Crippen LogP contribution in [0, 0.1) is 6.92 Å². The van der Waals surface area contributed by atoms with Crippen molar-refractivity contribution in [1.29, 1.82) is 0 Å². The predicted octanol–water partition coefficient (Wildman–Crippen LogP) is 2.04. The number of aromatic carboxylic acids is 1. The van der Waals surface area contributed by atoms with E-state index in [9.17, 15) is 4.79 Å². The maximum atomic E-state index is 11.2. The summed E-state index contributed by atoms with van der Waals surface area (Å²) in [6, 6.07) is 5.52. The first-order chi connectivity index (χ1) is 9.65. The van der Waals surface area contributed by atoms with E-state index in [0.29, 0.717) is 42.6 Å². The van der Waals surface area contributed by atoms with Crippen LogP contribution in [0.3, 0.4) is 0 Å². The minimum Gasteiger partial charge on any atom is -0.486 e. The number of hydrogen-bond donors (Lipinski definition) is 1. The molecular formula is C14H13NO5. The molecule has 0 aliphatic carbocycles. The average molecular weight is 275 g/mol. The highest BCUT2D eigenvalue weighted by Crippen LogP contribution is 2.31. The summed E-state index contributed by atoms with van der Waals surface area (Å²) in [5.74, 6) is 0.655. The molecule has 0 spiro atoms. The second kappa shape index (κ2) is 4.88. The molecule has 2 aromatic rings. The van der Waals surface area contributed by atoms with E-state index in [2.05, 4.69) is 5.16 Å². The summed E-state index contributed by atoms with van der Waals surface area (Å²) in [5, 5.41) is 13.0. The van der Waals surface area contributed by atoms with E-state index in [1.165, 1.54) is 0 Å². The number of benzene rings is 1. The molecule has 0 amide bonds. The van der Waals surface area contributed by atoms with Gasteiger partial charge in [0.1, 0.15) is 30.2 Å². The molecule has 1 N–H and O–H groups in total. The second-order valence-electron chi connectivity index (χ2n) is 4.52. The highest BCUT2D eigenvalue weighted by atomic mass is 16.6. The fourth-order valence-corrected chi connectivity index (χ4v) is 2.20. The summed E-state index contributed by atoms with van der Waals surface area (Å²) < 4.78 is 15.9. The van der Waals surface area contributed by atoms with E-state index >= 15 is 0 Å². The zero-order valence-electron chi connectivity index (χ0n) is 10.9. The lowest BCUT2D eigenvalue weighted by Gasteiger charge is -2.18. The molecule has 2 heterocycles. The molecule has 0 unspecified atom stereocenters. The third-order valence-electron chi connectivity index (χ3n) is 3.13. The Morgan fingerprint density at radius 1 is 1.30 bits per heavy atom. The van der Waals surface area contributed by atoms with E-state index in [-0.39, 0.29) is 5.56 Å². The van der Waals surface area contributed by atoms with Crippen LogP contribution in [0.2, 0.25) is 0 Å². The van der Waals surface area contributed by atoms with Gasteiger partial charge in [-0.2, -0.15) is 0 Å². The van der Waals surface area contributed by atoms with Gasteiger partial charge in [-0.3, -0.25) is 0 Å². The largest absolute Gasteiger partial charge is 0.486 e. The van der Waals surface area contributed by atoms with E-state index in [1.54, 1.807) is 6.92 Å². The van der Waals surface area contributed by atoms with Gasteiger partial charge in [0, 0.05) is 6.42 Å². The van der Waals surface area contributed by atoms with Gasteiger partial charge in [0.2, 0.25) is 0 Å². The van der Waals surface area contributed by atoms with Gasteiger partial charge in [-0.1, -0.05) is 11.2 Å². The van der Waals surface area contributed by atoms with Crippen LogP contribution in [-0.2, 0) is 6.42 Å². The maximum absolute atomic E-state index is 11.2. The fraction of sp³-hybridized carbons (Fsp3) is 0.286. The Balaban J connectivity index is 1.90. The smallest absolute Gasteiger partial charge is 0.341 e. The van der Waals surface area contributed by atoms with Crippen LogP contribution in [-0.4, -0.2) is 29.4 Å². The van der Waals surface area contributed by atoms with Gasteiger partial charge < -0.3 is 19.1 Å². The first-order valence-electron chi connectivity index (χ1n) is 6.22. The molecular weight excluding hydrogens is 262 g/mol. The summed E-state index contributed by atoms with van der Waals surface area (Å²) in [5.41, 5.74) is 1.43. The van der Waals surface area contributed by atoms with Crippen LogP contribution in [0.15, 0.2) is 22.7 Å². The SMILES string of the molecule is Cc1onc(Cc2ccc3c(c2)OCCO3)c1C(=O)O. The monoisotopic (exact) mass is 275 g/mol. The van der Waals surface area contributed by atoms with Gasteiger partial charge in [0.05, 0.1) is 0 Å². The molecule has 104 valence electrons. The Labute approximate surface area is 114 Å². The number of fused-ring (bicyclic) bond motifs is 1. The first-order valence-corrected chi connectivity index (χ1v) is 6.22. The standard InChI is InChI=1S/C14H13NO5/c1-8-13(14(16)17)10(15-20-8)6-9-2-3-11-12(7-9)19-5-4-18-11/h2-3,7H,4-6H2,1H3,(H,16,17). The molecule has 0 saturated carbocycles. The highest BCUT2D eigenvalue weighted by molar-refractivity contribution is 5.90. The van der Waals surface area contributed by atoms with Crippen molar-refractivity contribution in [3.05, 3.63) is 40.8 Å². The quantitative estimate of drug-likeness (QED) is 0.923. The molecule has 1 aromatic carbocycles. The van der Waals surface area contributed by atoms with Crippen molar-refractivity contribution in [3.8, 4) is 11.5 Å². The minimum atomic E-state index is -1.03. The van der Waals surface area contributed by atoms with Crippen molar-refractivity contribution in [1.82, 2.24) is 5.16 Å². The number of carboxylic acid groups (broad SMARTS) is 1. The molecule has 0 atom stereocenters. The molecule has 0 radical (unpaired) electrons. The Bertz CT molecular complexity index is 662. The van der Waals surface area contributed by atoms with Crippen LogP contribution in [0.25, 0.3) is 0 Å². The van der Waals surface area contributed by atoms with Gasteiger partial charge in [0.15, 0.2) is 11.5 Å². The lowest BCUT2D eigenvalue weighted by molar-refractivity contribution is 0.0694. The van der Waals surface area contributed by atoms with E-state index in [1.807, 2.05) is 18.2 Å². The first kappa shape index (κ1) is 12.5. The predicted molar refractivity (Wildman–Crippen MR) is 68.4 cm³/mol. The Morgan fingerprint density at radius 3 is 2.80 bits per heavy atom. The number of aromatic nitrogens is 1. The van der Waals surface area contributed by atoms with Gasteiger partial charge in [-0.15, -0.1) is 0 Å². The summed E-state index contributed by atoms with van der Waals surface area (Å²) in [6.07, 6.45) is 0.371. The zero-order chi connectivity index (χ0) is 14.1. The number of carboxylic acids is 1. The number of rotatable bonds is 3. The zero-order valence-corrected chi connectivity index (χ0v) is 10.9. The third-order valence-corrected chi connectivity index (χ3v) is 3.13. The molecule has 6 nitrogen and oxygen atoms in total. The van der Waals surface area contributed by atoms with Crippen molar-refractivity contribution >= 4 is 5.97 Å². The molecule has 0 saturated heterocycles. The van der Waals surface area contributed by atoms with Crippen LogP contribution < -0.4 is 9.47 Å². The van der Waals surface area contributed by atoms with E-state index in [4.69, 9.17) is 19.1 Å². The molecule has 0 fully saturated rings. The number of aryl methyl sites for hydroxylation is 1. The average Bonchev–Trinajstić information content (AvgIpc) is 2.79. The number of ether oxygens (including phenoxy) is 2. The normalized spacial score (nSPS) is 13.2. The van der Waals surface area contributed by atoms with Crippen molar-refractivity contribution in [3.63, 3.8) is 0 Å². The van der Waals surface area contributed by atoms with Crippen LogP contribution in [0.5, 0.6) is 11.5 Å². The van der Waals surface area contributed by atoms with Crippen molar-refractivity contribution < 1.29 is 23.9 Å². The molecule has 6 heteroatoms. The highest BCUT2D eigenvalue weighted by Gasteiger charge is 2.20. The fourth-order valence-electron chi connectivity index (χ4n) is 2.20. The van der Waals surface area contributed by atoms with Crippen LogP contribution in [0.1, 0.15) is 27.4 Å². The minimum absolute atomic E-state index is 0.125. The van der Waals surface area contributed by atoms with Crippen molar-refractivity contribution in [2.24, 2.45) is 0 Å². The van der Waals surface area contributed by atoms with Gasteiger partial charge in [0.25, 0.3) is 0 Å². The van der Waals surface area contributed by atoms with Crippen molar-refractivity contribution in [2.75, 3.05) is 13.2 Å². The van der Waals surface area contributed by atoms with Gasteiger partial charge >= 0.3 is 5.97 Å². The van der Waals surface area contributed by atoms with Gasteiger partial charge in [-0.05, 0) is 24.6 Å². The molecule has 0 bridgehead atoms.